The molecule has 3 aliphatic rings. The maximum absolute atomic E-state index is 13.3. The van der Waals surface area contributed by atoms with Crippen molar-refractivity contribution < 1.29 is 9.18 Å². The third kappa shape index (κ3) is 4.43. The van der Waals surface area contributed by atoms with Crippen LogP contribution in [0.1, 0.15) is 20.3 Å². The molecule has 7 nitrogen and oxygen atoms in total. The third-order valence-corrected chi connectivity index (χ3v) is 8.06. The van der Waals surface area contributed by atoms with Crippen LogP contribution in [0.5, 0.6) is 0 Å². The normalized spacial score (nSPS) is 23.1. The maximum atomic E-state index is 13.3. The van der Waals surface area contributed by atoms with Gasteiger partial charge < -0.3 is 14.7 Å². The molecule has 4 heterocycles. The Morgan fingerprint density at radius 1 is 0.917 bits per heavy atom. The van der Waals surface area contributed by atoms with Gasteiger partial charge in [0, 0.05) is 82.0 Å². The highest BCUT2D eigenvalue weighted by atomic mass is 19.1. The molecular formula is C28H35FN6O. The average molecular weight is 491 g/mol. The number of carbonyl (C=O) groups is 1. The van der Waals surface area contributed by atoms with E-state index in [2.05, 4.69) is 76.2 Å². The van der Waals surface area contributed by atoms with E-state index in [1.807, 2.05) is 15.6 Å². The molecule has 0 spiro atoms. The van der Waals surface area contributed by atoms with Crippen molar-refractivity contribution in [2.75, 3.05) is 62.2 Å². The minimum Gasteiger partial charge on any atom is -0.369 e. The molecular weight excluding hydrogens is 455 g/mol. The molecule has 2 atom stereocenters. The number of hydrogen-bond acceptors (Lipinski definition) is 5. The molecule has 2 aliphatic heterocycles. The van der Waals surface area contributed by atoms with Crippen LogP contribution in [0.3, 0.4) is 0 Å². The number of rotatable bonds is 5. The highest BCUT2D eigenvalue weighted by Crippen LogP contribution is 2.36. The Kier molecular flexibility index (Phi) is 6.07. The molecule has 8 heteroatoms. The van der Waals surface area contributed by atoms with Crippen molar-refractivity contribution >= 4 is 22.8 Å². The number of anilines is 2. The first kappa shape index (κ1) is 23.3. The SMILES string of the molecule is CC(C)N1CCN(c2ccc(-c3cc4c(N5CCN(C(=O)[C@H]6C[C@H]6F)CC5)ccnn4c3)cc2)CC1. The van der Waals surface area contributed by atoms with Crippen LogP contribution in [0.2, 0.25) is 0 Å². The summed E-state index contributed by atoms with van der Waals surface area (Å²) in [5.74, 6) is -0.411. The van der Waals surface area contributed by atoms with Gasteiger partial charge in [-0.25, -0.2) is 8.91 Å². The monoisotopic (exact) mass is 490 g/mol. The van der Waals surface area contributed by atoms with Crippen LogP contribution < -0.4 is 9.80 Å². The van der Waals surface area contributed by atoms with E-state index in [1.165, 1.54) is 11.3 Å². The summed E-state index contributed by atoms with van der Waals surface area (Å²) in [7, 11) is 0. The second-order valence-electron chi connectivity index (χ2n) is 10.6. The first-order valence-corrected chi connectivity index (χ1v) is 13.2. The third-order valence-electron chi connectivity index (χ3n) is 8.06. The molecule has 2 saturated heterocycles. The maximum Gasteiger partial charge on any atom is 0.228 e. The first-order chi connectivity index (χ1) is 17.5. The van der Waals surface area contributed by atoms with Gasteiger partial charge >= 0.3 is 0 Å². The van der Waals surface area contributed by atoms with Crippen molar-refractivity contribution in [1.82, 2.24) is 19.4 Å². The Balaban J connectivity index is 1.15. The fourth-order valence-electron chi connectivity index (χ4n) is 5.61. The van der Waals surface area contributed by atoms with Crippen molar-refractivity contribution in [2.24, 2.45) is 5.92 Å². The second kappa shape index (κ2) is 9.39. The number of piperazine rings is 2. The number of carbonyl (C=O) groups excluding carboxylic acids is 1. The summed E-state index contributed by atoms with van der Waals surface area (Å²) < 4.78 is 15.3. The first-order valence-electron chi connectivity index (χ1n) is 13.2. The predicted molar refractivity (Wildman–Crippen MR) is 141 cm³/mol. The number of hydrogen-bond donors (Lipinski definition) is 0. The summed E-state index contributed by atoms with van der Waals surface area (Å²) in [6, 6.07) is 13.7. The number of benzene rings is 1. The van der Waals surface area contributed by atoms with Crippen molar-refractivity contribution in [3.8, 4) is 11.1 Å². The van der Waals surface area contributed by atoms with Gasteiger partial charge in [-0.05, 0) is 50.1 Å². The molecule has 3 aromatic rings. The summed E-state index contributed by atoms with van der Waals surface area (Å²) in [5, 5.41) is 4.55. The van der Waals surface area contributed by atoms with Crippen molar-refractivity contribution in [3.63, 3.8) is 0 Å². The van der Waals surface area contributed by atoms with Gasteiger partial charge in [0.15, 0.2) is 0 Å². The van der Waals surface area contributed by atoms with E-state index in [9.17, 15) is 9.18 Å². The lowest BCUT2D eigenvalue weighted by Gasteiger charge is -2.38. The Labute approximate surface area is 212 Å². The molecule has 36 heavy (non-hydrogen) atoms. The molecule has 0 unspecified atom stereocenters. The van der Waals surface area contributed by atoms with Gasteiger partial charge in [0.25, 0.3) is 0 Å². The van der Waals surface area contributed by atoms with Gasteiger partial charge in [0.1, 0.15) is 6.17 Å². The molecule has 1 saturated carbocycles. The van der Waals surface area contributed by atoms with E-state index < -0.39 is 12.1 Å². The zero-order valence-corrected chi connectivity index (χ0v) is 21.2. The highest BCUT2D eigenvalue weighted by molar-refractivity contribution is 5.83. The number of amides is 1. The lowest BCUT2D eigenvalue weighted by atomic mass is 10.1. The van der Waals surface area contributed by atoms with Crippen LogP contribution in [0, 0.1) is 5.92 Å². The summed E-state index contributed by atoms with van der Waals surface area (Å²) in [6.07, 6.45) is 3.39. The van der Waals surface area contributed by atoms with Gasteiger partial charge in [-0.3, -0.25) is 9.69 Å². The molecule has 1 amide bonds. The molecule has 0 bridgehead atoms. The molecule has 1 aromatic carbocycles. The standard InChI is InChI=1S/C28H35FN6O/c1-20(2)31-9-11-32(12-10-31)23-5-3-21(4-6-23)22-17-27-26(7-8-30-35(27)19-22)33-13-15-34(16-14-33)28(36)24-18-25(24)29/h3-8,17,19-20,24-25H,9-16,18H2,1-2H3/t24-,25+/m0/s1. The molecule has 3 fully saturated rings. The van der Waals surface area contributed by atoms with Gasteiger partial charge in [-0.15, -0.1) is 0 Å². The fraction of sp³-hybridized carbons (Fsp3) is 0.500. The number of fused-ring (bicyclic) bond motifs is 1. The number of nitrogens with zero attached hydrogens (tertiary/aromatic N) is 6. The van der Waals surface area contributed by atoms with Crippen LogP contribution >= 0.6 is 0 Å². The van der Waals surface area contributed by atoms with E-state index in [4.69, 9.17) is 0 Å². The summed E-state index contributed by atoms with van der Waals surface area (Å²) >= 11 is 0. The number of alkyl halides is 1. The van der Waals surface area contributed by atoms with Crippen LogP contribution in [-0.4, -0.2) is 89.9 Å². The Hall–Kier alpha value is -3.13. The average Bonchev–Trinajstić information content (AvgIpc) is 3.48. The number of halogens is 1. The van der Waals surface area contributed by atoms with E-state index >= 15 is 0 Å². The minimum absolute atomic E-state index is 0.0164. The molecule has 0 radical (unpaired) electrons. The van der Waals surface area contributed by atoms with Gasteiger partial charge in [-0.2, -0.15) is 5.10 Å². The number of aromatic nitrogens is 2. The molecule has 0 N–H and O–H groups in total. The topological polar surface area (TPSA) is 47.3 Å². The Morgan fingerprint density at radius 3 is 2.22 bits per heavy atom. The van der Waals surface area contributed by atoms with Crippen molar-refractivity contribution in [2.45, 2.75) is 32.5 Å². The summed E-state index contributed by atoms with van der Waals surface area (Å²) in [6.45, 7) is 11.6. The van der Waals surface area contributed by atoms with Crippen LogP contribution in [0.25, 0.3) is 16.6 Å². The second-order valence-corrected chi connectivity index (χ2v) is 10.6. The fourth-order valence-corrected chi connectivity index (χ4v) is 5.61. The lowest BCUT2D eigenvalue weighted by Crippen LogP contribution is -2.49. The quantitative estimate of drug-likeness (QED) is 0.548. The van der Waals surface area contributed by atoms with Gasteiger partial charge in [0.05, 0.1) is 17.1 Å². The zero-order valence-electron chi connectivity index (χ0n) is 21.2. The molecule has 6 rings (SSSR count). The van der Waals surface area contributed by atoms with E-state index in [0.717, 1.165) is 56.0 Å². The lowest BCUT2D eigenvalue weighted by molar-refractivity contribution is -0.133. The largest absolute Gasteiger partial charge is 0.369 e. The molecule has 2 aromatic heterocycles. The van der Waals surface area contributed by atoms with Gasteiger partial charge in [0.2, 0.25) is 5.91 Å². The predicted octanol–water partition coefficient (Wildman–Crippen LogP) is 3.54. The van der Waals surface area contributed by atoms with Crippen LogP contribution in [-0.2, 0) is 4.79 Å². The summed E-state index contributed by atoms with van der Waals surface area (Å²) in [4.78, 5) is 21.5. The Bertz CT molecular complexity index is 1220. The van der Waals surface area contributed by atoms with E-state index in [0.29, 0.717) is 25.6 Å². The van der Waals surface area contributed by atoms with Crippen molar-refractivity contribution in [1.29, 1.82) is 0 Å². The van der Waals surface area contributed by atoms with Crippen LogP contribution in [0.4, 0.5) is 15.8 Å². The molecule has 190 valence electrons. The summed E-state index contributed by atoms with van der Waals surface area (Å²) in [5.41, 5.74) is 5.78. The van der Waals surface area contributed by atoms with Gasteiger partial charge in [-0.1, -0.05) is 12.1 Å². The highest BCUT2D eigenvalue weighted by Gasteiger charge is 2.46. The smallest absolute Gasteiger partial charge is 0.228 e. The zero-order chi connectivity index (χ0) is 24.8. The van der Waals surface area contributed by atoms with E-state index in [1.54, 1.807) is 0 Å². The van der Waals surface area contributed by atoms with E-state index in [-0.39, 0.29) is 5.91 Å². The molecule has 1 aliphatic carbocycles. The van der Waals surface area contributed by atoms with Crippen molar-refractivity contribution in [3.05, 3.63) is 48.8 Å². The minimum atomic E-state index is -0.932. The Morgan fingerprint density at radius 2 is 1.58 bits per heavy atom. The van der Waals surface area contributed by atoms with Crippen LogP contribution in [0.15, 0.2) is 48.8 Å².